The van der Waals surface area contributed by atoms with Gasteiger partial charge in [-0.3, -0.25) is 4.98 Å². The number of rotatable bonds is 4. The molecular formula is C28H26N2O. The minimum Gasteiger partial charge on any atom is -0.437 e. The average Bonchev–Trinajstić information content (AvgIpc) is 3.18. The molecule has 3 nitrogen and oxygen atoms in total. The smallest absolute Gasteiger partial charge is 0.227 e. The highest BCUT2D eigenvalue weighted by Gasteiger charge is 2.15. The maximum absolute atomic E-state index is 8.22. The molecule has 154 valence electrons. The fourth-order valence-electron chi connectivity index (χ4n) is 3.96. The molecule has 0 unspecified atom stereocenters. The van der Waals surface area contributed by atoms with E-state index >= 15 is 0 Å². The van der Waals surface area contributed by atoms with Gasteiger partial charge in [-0.05, 0) is 72.6 Å². The van der Waals surface area contributed by atoms with Crippen molar-refractivity contribution in [1.82, 2.24) is 9.97 Å². The highest BCUT2D eigenvalue weighted by atomic mass is 16.3. The Hall–Kier alpha value is -3.46. The lowest BCUT2D eigenvalue weighted by Gasteiger charge is -2.11. The van der Waals surface area contributed by atoms with E-state index < -0.39 is 12.7 Å². The van der Waals surface area contributed by atoms with Crippen molar-refractivity contribution in [2.45, 2.75) is 39.9 Å². The van der Waals surface area contributed by atoms with Gasteiger partial charge in [-0.2, -0.15) is 0 Å². The molecule has 0 amide bonds. The van der Waals surface area contributed by atoms with E-state index in [1.54, 1.807) is 6.07 Å². The van der Waals surface area contributed by atoms with Crippen molar-refractivity contribution in [1.29, 1.82) is 0 Å². The summed E-state index contributed by atoms with van der Waals surface area (Å²) in [4.78, 5) is 8.95. The van der Waals surface area contributed by atoms with E-state index in [1.165, 1.54) is 11.6 Å². The predicted molar refractivity (Wildman–Crippen MR) is 128 cm³/mol. The minimum atomic E-state index is -2.29. The first-order valence-corrected chi connectivity index (χ1v) is 10.4. The van der Waals surface area contributed by atoms with Gasteiger partial charge in [0.1, 0.15) is 5.58 Å². The maximum Gasteiger partial charge on any atom is 0.227 e. The highest BCUT2D eigenvalue weighted by molar-refractivity contribution is 6.08. The molecular weight excluding hydrogens is 380 g/mol. The third-order valence-corrected chi connectivity index (χ3v) is 5.78. The van der Waals surface area contributed by atoms with Crippen molar-refractivity contribution in [2.24, 2.45) is 0 Å². The Bertz CT molecular complexity index is 1540. The lowest BCUT2D eigenvalue weighted by molar-refractivity contribution is 0.653. The molecule has 0 saturated carbocycles. The molecule has 2 aromatic carbocycles. The average molecular weight is 411 g/mol. The normalized spacial score (nSPS) is 14.3. The number of pyridine rings is 2. The summed E-state index contributed by atoms with van der Waals surface area (Å²) in [5.74, 6) is -0.622. The van der Waals surface area contributed by atoms with Crippen molar-refractivity contribution < 1.29 is 9.90 Å². The Labute approximate surface area is 188 Å². The number of fused-ring (bicyclic) bond motifs is 3. The molecule has 3 aromatic heterocycles. The number of benzene rings is 2. The summed E-state index contributed by atoms with van der Waals surface area (Å²) >= 11 is 0. The fourth-order valence-corrected chi connectivity index (χ4v) is 3.96. The maximum atomic E-state index is 8.22. The Morgan fingerprint density at radius 3 is 2.65 bits per heavy atom. The number of hydrogen-bond acceptors (Lipinski definition) is 3. The second kappa shape index (κ2) is 7.66. The van der Waals surface area contributed by atoms with Gasteiger partial charge in [-0.15, -0.1) is 0 Å². The highest BCUT2D eigenvalue weighted by Crippen LogP contribution is 2.35. The van der Waals surface area contributed by atoms with E-state index in [-0.39, 0.29) is 5.69 Å². The molecule has 0 aliphatic rings. The molecule has 0 saturated heterocycles. The number of nitrogens with zero attached hydrogens (tertiary/aromatic N) is 2. The third-order valence-electron chi connectivity index (χ3n) is 5.78. The molecule has 0 spiro atoms. The van der Waals surface area contributed by atoms with Crippen LogP contribution >= 0.6 is 0 Å². The van der Waals surface area contributed by atoms with E-state index in [9.17, 15) is 0 Å². The first kappa shape index (κ1) is 15.4. The standard InChI is InChI=1S/C28H26N2O/c1-17(2)21-11-9-20(10-12-21)14-22-15-26(29-16-18(22)3)25-7-5-6-23-24-13-8-19(4)30-28(24)31-27(23)25/h5-13,15-17H,14H2,1-4H3/i4D3,17D. The summed E-state index contributed by atoms with van der Waals surface area (Å²) in [6, 6.07) is 19.5. The van der Waals surface area contributed by atoms with Gasteiger partial charge in [-0.1, -0.05) is 50.2 Å². The van der Waals surface area contributed by atoms with Gasteiger partial charge < -0.3 is 4.42 Å². The summed E-state index contributed by atoms with van der Waals surface area (Å²) in [7, 11) is 0. The lowest BCUT2D eigenvalue weighted by Crippen LogP contribution is -1.96. The number of hydrogen-bond donors (Lipinski definition) is 0. The molecule has 0 radical (unpaired) electrons. The monoisotopic (exact) mass is 410 g/mol. The van der Waals surface area contributed by atoms with Gasteiger partial charge in [0.05, 0.1) is 5.69 Å². The zero-order chi connectivity index (χ0) is 25.0. The van der Waals surface area contributed by atoms with Crippen molar-refractivity contribution in [3.8, 4) is 11.3 Å². The first-order chi connectivity index (χ1) is 16.5. The quantitative estimate of drug-likeness (QED) is 0.310. The lowest BCUT2D eigenvalue weighted by atomic mass is 9.96. The number of aromatic nitrogens is 2. The summed E-state index contributed by atoms with van der Waals surface area (Å²) in [6.45, 7) is 3.53. The summed E-state index contributed by atoms with van der Waals surface area (Å²) < 4.78 is 37.3. The Morgan fingerprint density at radius 1 is 1.03 bits per heavy atom. The molecule has 5 rings (SSSR count). The van der Waals surface area contributed by atoms with Gasteiger partial charge in [0.25, 0.3) is 0 Å². The second-order valence-electron chi connectivity index (χ2n) is 8.20. The zero-order valence-electron chi connectivity index (χ0n) is 21.9. The van der Waals surface area contributed by atoms with Gasteiger partial charge in [0.2, 0.25) is 5.71 Å². The fraction of sp³-hybridized carbons (Fsp3) is 0.214. The molecule has 0 fully saturated rings. The van der Waals surface area contributed by atoms with Gasteiger partial charge in [0.15, 0.2) is 0 Å². The molecule has 0 bridgehead atoms. The number of furan rings is 1. The van der Waals surface area contributed by atoms with Gasteiger partial charge in [0, 0.05) is 33.7 Å². The first-order valence-electron chi connectivity index (χ1n) is 12.4. The largest absolute Gasteiger partial charge is 0.437 e. The Morgan fingerprint density at radius 2 is 1.87 bits per heavy atom. The van der Waals surface area contributed by atoms with Crippen LogP contribution in [0.4, 0.5) is 0 Å². The van der Waals surface area contributed by atoms with Crippen molar-refractivity contribution in [3.63, 3.8) is 0 Å². The van der Waals surface area contributed by atoms with E-state index in [1.807, 2.05) is 50.4 Å². The van der Waals surface area contributed by atoms with E-state index in [0.717, 1.165) is 45.1 Å². The molecule has 0 aliphatic heterocycles. The summed E-state index contributed by atoms with van der Waals surface area (Å²) in [5, 5.41) is 1.65. The van der Waals surface area contributed by atoms with Gasteiger partial charge >= 0.3 is 0 Å². The van der Waals surface area contributed by atoms with Crippen molar-refractivity contribution in [3.05, 3.63) is 94.8 Å². The van der Waals surface area contributed by atoms with Crippen LogP contribution in [0.1, 0.15) is 53.2 Å². The minimum absolute atomic E-state index is 0.0150. The van der Waals surface area contributed by atoms with Crippen LogP contribution in [0.2, 0.25) is 0 Å². The SMILES string of the molecule is [2H]C([2H])([2H])c1ccc2c(n1)oc1c(-c3cc(Cc4ccc(C([2H])(C)C)cc4)c(C)cn3)cccc12. The second-order valence-corrected chi connectivity index (χ2v) is 8.20. The molecule has 31 heavy (non-hydrogen) atoms. The third kappa shape index (κ3) is 3.61. The van der Waals surface area contributed by atoms with Crippen LogP contribution in [0.3, 0.4) is 0 Å². The van der Waals surface area contributed by atoms with Gasteiger partial charge in [-0.25, -0.2) is 4.98 Å². The van der Waals surface area contributed by atoms with Crippen LogP contribution < -0.4 is 0 Å². The summed E-state index contributed by atoms with van der Waals surface area (Å²) in [6.07, 6.45) is 2.62. The van der Waals surface area contributed by atoms with Crippen LogP contribution in [0.25, 0.3) is 33.3 Å². The van der Waals surface area contributed by atoms with Crippen LogP contribution in [0.5, 0.6) is 0 Å². The van der Waals surface area contributed by atoms with Crippen LogP contribution in [-0.4, -0.2) is 9.97 Å². The van der Waals surface area contributed by atoms with E-state index in [2.05, 4.69) is 35.1 Å². The Balaban J connectivity index is 1.55. The molecule has 3 heteroatoms. The van der Waals surface area contributed by atoms with E-state index in [0.29, 0.717) is 11.3 Å². The number of aryl methyl sites for hydroxylation is 2. The van der Waals surface area contributed by atoms with Crippen molar-refractivity contribution >= 4 is 22.1 Å². The molecule has 3 heterocycles. The van der Waals surface area contributed by atoms with Crippen LogP contribution in [0.15, 0.2) is 71.3 Å². The molecule has 0 atom stereocenters. The summed E-state index contributed by atoms with van der Waals surface area (Å²) in [5.41, 5.74) is 7.00. The van der Waals surface area contributed by atoms with Crippen LogP contribution in [-0.2, 0) is 6.42 Å². The Kier molecular flexibility index (Phi) is 3.79. The zero-order valence-corrected chi connectivity index (χ0v) is 17.9. The molecule has 0 aliphatic carbocycles. The molecule has 5 aromatic rings. The molecule has 0 N–H and O–H groups in total. The predicted octanol–water partition coefficient (Wildman–Crippen LogP) is 7.37. The van der Waals surface area contributed by atoms with Crippen LogP contribution in [0, 0.1) is 13.8 Å². The van der Waals surface area contributed by atoms with Crippen molar-refractivity contribution in [2.75, 3.05) is 0 Å². The van der Waals surface area contributed by atoms with E-state index in [4.69, 9.17) is 9.90 Å². The topological polar surface area (TPSA) is 38.9 Å². The number of para-hydroxylation sites is 1.